The van der Waals surface area contributed by atoms with E-state index in [2.05, 4.69) is 0 Å². The fourth-order valence-electron chi connectivity index (χ4n) is 1.70. The Bertz CT molecular complexity index is 131. The van der Waals surface area contributed by atoms with Crippen LogP contribution in [0.3, 0.4) is 0 Å². The molecule has 1 aliphatic rings. The van der Waals surface area contributed by atoms with Crippen molar-refractivity contribution in [2.24, 2.45) is 5.92 Å². The topological polar surface area (TPSA) is 12.5 Å². The second-order valence-corrected chi connectivity index (χ2v) is 3.38. The number of halogens is 1. The first kappa shape index (κ1) is 8.94. The zero-order valence-electron chi connectivity index (χ0n) is 7.38. The van der Waals surface area contributed by atoms with Gasteiger partial charge in [-0.2, -0.15) is 0 Å². The monoisotopic (exact) mass is 161 g/mol. The summed E-state index contributed by atoms with van der Waals surface area (Å²) in [4.78, 5) is 2.03. The molecule has 0 aromatic carbocycles. The lowest BCUT2D eigenvalue weighted by atomic mass is 10.1. The molecule has 0 saturated carbocycles. The van der Waals surface area contributed by atoms with Crippen LogP contribution in [0.1, 0.15) is 6.92 Å². The van der Waals surface area contributed by atoms with Gasteiger partial charge in [0, 0.05) is 19.6 Å². The molecule has 66 valence electrons. The van der Waals surface area contributed by atoms with Gasteiger partial charge >= 0.3 is 0 Å². The molecule has 0 spiro atoms. The third-order valence-electron chi connectivity index (χ3n) is 2.39. The summed E-state index contributed by atoms with van der Waals surface area (Å²) in [6, 6.07) is -0.0324. The van der Waals surface area contributed by atoms with Crippen LogP contribution in [-0.4, -0.2) is 44.4 Å². The molecular weight excluding hydrogens is 145 g/mol. The highest BCUT2D eigenvalue weighted by atomic mass is 19.1. The van der Waals surface area contributed by atoms with E-state index in [1.54, 1.807) is 7.11 Å². The Labute approximate surface area is 67.3 Å². The molecule has 1 aliphatic heterocycles. The summed E-state index contributed by atoms with van der Waals surface area (Å²) in [5.41, 5.74) is 0. The Hall–Kier alpha value is -0.150. The van der Waals surface area contributed by atoms with Crippen LogP contribution in [0, 0.1) is 5.92 Å². The minimum absolute atomic E-state index is 0.0324. The minimum atomic E-state index is -0.722. The van der Waals surface area contributed by atoms with Crippen molar-refractivity contribution in [1.29, 1.82) is 0 Å². The molecule has 2 nitrogen and oxygen atoms in total. The average Bonchev–Trinajstić information content (AvgIpc) is 2.17. The van der Waals surface area contributed by atoms with E-state index in [-0.39, 0.29) is 12.0 Å². The first-order valence-electron chi connectivity index (χ1n) is 4.00. The summed E-state index contributed by atoms with van der Waals surface area (Å²) in [7, 11) is 3.56. The molecule has 1 heterocycles. The molecule has 0 aromatic heterocycles. The van der Waals surface area contributed by atoms with E-state index in [4.69, 9.17) is 4.74 Å². The first-order chi connectivity index (χ1) is 5.16. The molecule has 1 rings (SSSR count). The second-order valence-electron chi connectivity index (χ2n) is 3.38. The van der Waals surface area contributed by atoms with E-state index < -0.39 is 6.17 Å². The van der Waals surface area contributed by atoms with E-state index in [0.29, 0.717) is 6.61 Å². The molecule has 1 fully saturated rings. The van der Waals surface area contributed by atoms with Crippen molar-refractivity contribution in [3.05, 3.63) is 0 Å². The second kappa shape index (κ2) is 3.50. The summed E-state index contributed by atoms with van der Waals surface area (Å²) in [6.45, 7) is 3.29. The van der Waals surface area contributed by atoms with Crippen molar-refractivity contribution < 1.29 is 9.13 Å². The number of ether oxygens (including phenoxy) is 1. The third-order valence-corrected chi connectivity index (χ3v) is 2.39. The van der Waals surface area contributed by atoms with Gasteiger partial charge in [0.1, 0.15) is 6.17 Å². The van der Waals surface area contributed by atoms with Gasteiger partial charge in [-0.1, -0.05) is 6.92 Å². The Morgan fingerprint density at radius 1 is 1.64 bits per heavy atom. The van der Waals surface area contributed by atoms with E-state index in [0.717, 1.165) is 6.54 Å². The summed E-state index contributed by atoms with van der Waals surface area (Å²) >= 11 is 0. The average molecular weight is 161 g/mol. The van der Waals surface area contributed by atoms with Crippen LogP contribution in [0.4, 0.5) is 4.39 Å². The molecular formula is C8H16FNO. The zero-order chi connectivity index (χ0) is 8.43. The Morgan fingerprint density at radius 3 is 2.64 bits per heavy atom. The van der Waals surface area contributed by atoms with Crippen molar-refractivity contribution in [3.63, 3.8) is 0 Å². The summed E-state index contributed by atoms with van der Waals surface area (Å²) in [5, 5.41) is 0. The van der Waals surface area contributed by atoms with Gasteiger partial charge in [-0.3, -0.25) is 4.90 Å². The third kappa shape index (κ3) is 1.71. The number of likely N-dealkylation sites (N-methyl/N-ethyl adjacent to an activating group) is 1. The van der Waals surface area contributed by atoms with Crippen LogP contribution in [0.2, 0.25) is 0 Å². The molecule has 1 saturated heterocycles. The summed E-state index contributed by atoms with van der Waals surface area (Å²) < 4.78 is 18.2. The molecule has 3 atom stereocenters. The summed E-state index contributed by atoms with van der Waals surface area (Å²) in [6.07, 6.45) is -0.722. The van der Waals surface area contributed by atoms with Gasteiger partial charge in [0.2, 0.25) is 0 Å². The molecule has 0 aliphatic carbocycles. The highest BCUT2D eigenvalue weighted by molar-refractivity contribution is 4.89. The van der Waals surface area contributed by atoms with Crippen LogP contribution >= 0.6 is 0 Å². The zero-order valence-corrected chi connectivity index (χ0v) is 7.38. The van der Waals surface area contributed by atoms with Gasteiger partial charge in [-0.25, -0.2) is 4.39 Å². The predicted octanol–water partition coefficient (Wildman–Crippen LogP) is 0.921. The van der Waals surface area contributed by atoms with E-state index in [9.17, 15) is 4.39 Å². The maximum Gasteiger partial charge on any atom is 0.122 e. The highest BCUT2D eigenvalue weighted by Gasteiger charge is 2.37. The quantitative estimate of drug-likeness (QED) is 0.597. The van der Waals surface area contributed by atoms with Gasteiger partial charge in [0.05, 0.1) is 12.6 Å². The molecule has 0 amide bonds. The maximum absolute atomic E-state index is 13.3. The van der Waals surface area contributed by atoms with Gasteiger partial charge < -0.3 is 4.74 Å². The molecule has 0 unspecified atom stereocenters. The number of hydrogen-bond donors (Lipinski definition) is 0. The maximum atomic E-state index is 13.3. The van der Waals surface area contributed by atoms with Crippen molar-refractivity contribution in [2.75, 3.05) is 27.3 Å². The van der Waals surface area contributed by atoms with Gasteiger partial charge in [0.15, 0.2) is 0 Å². The minimum Gasteiger partial charge on any atom is -0.383 e. The van der Waals surface area contributed by atoms with Gasteiger partial charge in [-0.05, 0) is 7.05 Å². The van der Waals surface area contributed by atoms with E-state index in [1.165, 1.54) is 0 Å². The van der Waals surface area contributed by atoms with E-state index in [1.807, 2.05) is 18.9 Å². The normalized spacial score (nSPS) is 39.8. The highest BCUT2D eigenvalue weighted by Crippen LogP contribution is 2.24. The number of likely N-dealkylation sites (tertiary alicyclic amines) is 1. The van der Waals surface area contributed by atoms with Gasteiger partial charge in [-0.15, -0.1) is 0 Å². The predicted molar refractivity (Wildman–Crippen MR) is 42.4 cm³/mol. The van der Waals surface area contributed by atoms with Crippen LogP contribution in [0.25, 0.3) is 0 Å². The number of hydrogen-bond acceptors (Lipinski definition) is 2. The fraction of sp³-hybridized carbons (Fsp3) is 1.00. The Kier molecular flexibility index (Phi) is 2.84. The van der Waals surface area contributed by atoms with Crippen LogP contribution in [0.5, 0.6) is 0 Å². The SMILES string of the molecule is COC[C@@H]1[C@@H](F)[C@@H](C)CN1C. The lowest BCUT2D eigenvalue weighted by Crippen LogP contribution is -2.34. The number of rotatable bonds is 2. The van der Waals surface area contributed by atoms with Gasteiger partial charge in [0.25, 0.3) is 0 Å². The summed E-state index contributed by atoms with van der Waals surface area (Å²) in [5.74, 6) is 0.153. The molecule has 0 aromatic rings. The van der Waals surface area contributed by atoms with Crippen molar-refractivity contribution in [1.82, 2.24) is 4.90 Å². The molecule has 0 bridgehead atoms. The van der Waals surface area contributed by atoms with Crippen molar-refractivity contribution in [2.45, 2.75) is 19.1 Å². The molecule has 0 N–H and O–H groups in total. The van der Waals surface area contributed by atoms with Crippen LogP contribution in [-0.2, 0) is 4.74 Å². The van der Waals surface area contributed by atoms with Crippen molar-refractivity contribution >= 4 is 0 Å². The lowest BCUT2D eigenvalue weighted by molar-refractivity contribution is 0.0937. The van der Waals surface area contributed by atoms with Crippen molar-refractivity contribution in [3.8, 4) is 0 Å². The number of alkyl halides is 1. The molecule has 3 heteroatoms. The van der Waals surface area contributed by atoms with E-state index >= 15 is 0 Å². The first-order valence-corrected chi connectivity index (χ1v) is 4.00. The fourth-order valence-corrected chi connectivity index (χ4v) is 1.70. The molecule has 0 radical (unpaired) electrons. The van der Waals surface area contributed by atoms with Crippen LogP contribution in [0.15, 0.2) is 0 Å². The Morgan fingerprint density at radius 2 is 2.27 bits per heavy atom. The molecule has 11 heavy (non-hydrogen) atoms. The number of methoxy groups -OCH3 is 1. The lowest BCUT2D eigenvalue weighted by Gasteiger charge is -2.19. The van der Waals surface area contributed by atoms with Crippen LogP contribution < -0.4 is 0 Å². The number of nitrogens with zero attached hydrogens (tertiary/aromatic N) is 1. The smallest absolute Gasteiger partial charge is 0.122 e. The largest absolute Gasteiger partial charge is 0.383 e. The Balaban J connectivity index is 2.49. The standard InChI is InChI=1S/C8H16FNO/c1-6-4-10(2)7(5-11-3)8(6)9/h6-8H,4-5H2,1-3H3/t6-,7+,8-/m0/s1.